The van der Waals surface area contributed by atoms with Crippen molar-refractivity contribution in [3.05, 3.63) is 65.5 Å². The maximum Gasteiger partial charge on any atom is 0.247 e. The average molecular weight is 340 g/mol. The lowest BCUT2D eigenvalue weighted by molar-refractivity contribution is -0.117. The molecule has 5 nitrogen and oxygen atoms in total. The van der Waals surface area contributed by atoms with Gasteiger partial charge in [-0.3, -0.25) is 4.79 Å². The molecular weight excluding hydrogens is 326 g/mol. The molecule has 1 aliphatic carbocycles. The molecule has 1 aromatic heterocycles. The molecule has 3 aromatic rings. The lowest BCUT2D eigenvalue weighted by atomic mass is 10.1. The normalized spacial score (nSPS) is 19.0. The molecule has 0 aliphatic heterocycles. The molecule has 4 rings (SSSR count). The number of benzene rings is 2. The van der Waals surface area contributed by atoms with Crippen LogP contribution in [0.15, 0.2) is 59.3 Å². The molecule has 1 heterocycles. The van der Waals surface area contributed by atoms with Crippen molar-refractivity contribution in [1.29, 1.82) is 0 Å². The van der Waals surface area contributed by atoms with Gasteiger partial charge in [0, 0.05) is 22.2 Å². The van der Waals surface area contributed by atoms with Crippen LogP contribution in [-0.4, -0.2) is 16.1 Å². The van der Waals surface area contributed by atoms with E-state index in [0.29, 0.717) is 10.9 Å². The van der Waals surface area contributed by atoms with Crippen LogP contribution in [0.2, 0.25) is 5.02 Å². The number of nitrogens with one attached hydrogen (secondary N) is 1. The Bertz CT molecular complexity index is 862. The van der Waals surface area contributed by atoms with Gasteiger partial charge in [-0.15, -0.1) is 10.2 Å². The summed E-state index contributed by atoms with van der Waals surface area (Å²) in [5, 5.41) is 11.2. The molecule has 24 heavy (non-hydrogen) atoms. The van der Waals surface area contributed by atoms with E-state index in [9.17, 15) is 4.79 Å². The van der Waals surface area contributed by atoms with E-state index in [2.05, 4.69) is 15.5 Å². The van der Waals surface area contributed by atoms with Crippen molar-refractivity contribution in [3.8, 4) is 11.5 Å². The molecule has 1 saturated carbocycles. The molecule has 1 fully saturated rings. The Morgan fingerprint density at radius 3 is 2.79 bits per heavy atom. The lowest BCUT2D eigenvalue weighted by Gasteiger charge is -2.06. The number of carbonyl (C=O) groups excluding carboxylic acids is 1. The zero-order valence-corrected chi connectivity index (χ0v) is 13.4. The largest absolute Gasteiger partial charge is 0.423 e. The molecule has 6 heteroatoms. The van der Waals surface area contributed by atoms with Crippen LogP contribution in [0.4, 0.5) is 5.69 Å². The van der Waals surface area contributed by atoms with E-state index in [4.69, 9.17) is 16.0 Å². The third kappa shape index (κ3) is 3.03. The van der Waals surface area contributed by atoms with Gasteiger partial charge >= 0.3 is 0 Å². The van der Waals surface area contributed by atoms with Crippen LogP contribution in [0, 0.1) is 5.92 Å². The number of amides is 1. The minimum absolute atomic E-state index is 0.00163. The predicted molar refractivity (Wildman–Crippen MR) is 90.7 cm³/mol. The Labute approximate surface area is 143 Å². The number of carbonyl (C=O) groups is 1. The monoisotopic (exact) mass is 339 g/mol. The Balaban J connectivity index is 1.44. The summed E-state index contributed by atoms with van der Waals surface area (Å²) in [6.45, 7) is 0. The topological polar surface area (TPSA) is 68.0 Å². The van der Waals surface area contributed by atoms with E-state index in [1.807, 2.05) is 48.5 Å². The summed E-state index contributed by atoms with van der Waals surface area (Å²) in [6.07, 6.45) is 2.14. The lowest BCUT2D eigenvalue weighted by Crippen LogP contribution is -2.14. The van der Waals surface area contributed by atoms with Crippen LogP contribution in [0.3, 0.4) is 0 Å². The number of hydrogen-bond acceptors (Lipinski definition) is 4. The van der Waals surface area contributed by atoms with Gasteiger partial charge in [0.25, 0.3) is 0 Å². The van der Waals surface area contributed by atoms with Crippen molar-refractivity contribution >= 4 is 23.2 Å². The molecule has 120 valence electrons. The molecular formula is C18H14ClN3O2. The smallest absolute Gasteiger partial charge is 0.247 e. The summed E-state index contributed by atoms with van der Waals surface area (Å²) in [5.41, 5.74) is 2.65. The predicted octanol–water partition coefficient (Wildman–Crippen LogP) is 4.13. The maximum absolute atomic E-state index is 12.4. The summed E-state index contributed by atoms with van der Waals surface area (Å²) in [4.78, 5) is 12.4. The first-order chi connectivity index (χ1) is 11.7. The Morgan fingerprint density at radius 1 is 1.21 bits per heavy atom. The minimum Gasteiger partial charge on any atom is -0.423 e. The molecule has 0 bridgehead atoms. The SMILES string of the molecule is O=C(Nc1cccc(-c2nnco2)c1)[C@H]1C[C@@H]1c1ccc(Cl)cc1. The van der Waals surface area contributed by atoms with Crippen molar-refractivity contribution in [2.45, 2.75) is 12.3 Å². The van der Waals surface area contributed by atoms with Crippen LogP contribution in [0.1, 0.15) is 17.9 Å². The zero-order chi connectivity index (χ0) is 16.5. The molecule has 0 unspecified atom stereocenters. The Hall–Kier alpha value is -2.66. The maximum atomic E-state index is 12.4. The molecule has 0 saturated heterocycles. The van der Waals surface area contributed by atoms with E-state index in [1.165, 1.54) is 6.39 Å². The molecule has 2 aromatic carbocycles. The van der Waals surface area contributed by atoms with Gasteiger partial charge in [-0.2, -0.15) is 0 Å². The number of rotatable bonds is 4. The number of halogens is 1. The number of aromatic nitrogens is 2. The Morgan fingerprint density at radius 2 is 2.04 bits per heavy atom. The Kier molecular flexibility index (Phi) is 3.78. The van der Waals surface area contributed by atoms with Gasteiger partial charge in [-0.25, -0.2) is 0 Å². The summed E-state index contributed by atoms with van der Waals surface area (Å²) in [5.74, 6) is 0.716. The van der Waals surface area contributed by atoms with Gasteiger partial charge in [-0.1, -0.05) is 29.8 Å². The highest BCUT2D eigenvalue weighted by atomic mass is 35.5. The number of nitrogens with zero attached hydrogens (tertiary/aromatic N) is 2. The number of hydrogen-bond donors (Lipinski definition) is 1. The summed E-state index contributed by atoms with van der Waals surface area (Å²) >= 11 is 5.90. The highest BCUT2D eigenvalue weighted by molar-refractivity contribution is 6.30. The molecule has 0 spiro atoms. The second kappa shape index (κ2) is 6.09. The van der Waals surface area contributed by atoms with Crippen molar-refractivity contribution in [1.82, 2.24) is 10.2 Å². The standard InChI is InChI=1S/C18H14ClN3O2/c19-13-6-4-11(5-7-13)15-9-16(15)17(23)21-14-3-1-2-12(8-14)18-22-20-10-24-18/h1-8,10,15-16H,9H2,(H,21,23)/t15-,16+/m1/s1. The molecule has 0 radical (unpaired) electrons. The third-order valence-corrected chi connectivity index (χ3v) is 4.41. The van der Waals surface area contributed by atoms with Gasteiger partial charge in [0.1, 0.15) is 0 Å². The number of anilines is 1. The first-order valence-corrected chi connectivity index (χ1v) is 8.01. The first kappa shape index (κ1) is 14.9. The van der Waals surface area contributed by atoms with Crippen LogP contribution in [0.25, 0.3) is 11.5 Å². The van der Waals surface area contributed by atoms with E-state index in [0.717, 1.165) is 23.2 Å². The van der Waals surface area contributed by atoms with Crippen molar-refractivity contribution < 1.29 is 9.21 Å². The average Bonchev–Trinajstić information content (AvgIpc) is 3.20. The molecule has 1 aliphatic rings. The van der Waals surface area contributed by atoms with Gasteiger partial charge in [0.2, 0.25) is 18.2 Å². The fraction of sp³-hybridized carbons (Fsp3) is 0.167. The van der Waals surface area contributed by atoms with Crippen molar-refractivity contribution in [3.63, 3.8) is 0 Å². The van der Waals surface area contributed by atoms with E-state index >= 15 is 0 Å². The fourth-order valence-electron chi connectivity index (χ4n) is 2.83. The van der Waals surface area contributed by atoms with E-state index in [1.54, 1.807) is 0 Å². The summed E-state index contributed by atoms with van der Waals surface area (Å²) < 4.78 is 5.18. The van der Waals surface area contributed by atoms with E-state index in [-0.39, 0.29) is 17.7 Å². The fourth-order valence-corrected chi connectivity index (χ4v) is 2.95. The second-order valence-corrected chi connectivity index (χ2v) is 6.25. The first-order valence-electron chi connectivity index (χ1n) is 7.63. The van der Waals surface area contributed by atoms with Crippen LogP contribution in [0.5, 0.6) is 0 Å². The van der Waals surface area contributed by atoms with Crippen molar-refractivity contribution in [2.24, 2.45) is 5.92 Å². The van der Waals surface area contributed by atoms with Gasteiger partial charge in [-0.05, 0) is 48.2 Å². The summed E-state index contributed by atoms with van der Waals surface area (Å²) in [7, 11) is 0. The van der Waals surface area contributed by atoms with Crippen molar-refractivity contribution in [2.75, 3.05) is 5.32 Å². The highest BCUT2D eigenvalue weighted by Gasteiger charge is 2.43. The third-order valence-electron chi connectivity index (χ3n) is 4.16. The highest BCUT2D eigenvalue weighted by Crippen LogP contribution is 2.48. The van der Waals surface area contributed by atoms with Crippen LogP contribution < -0.4 is 5.32 Å². The van der Waals surface area contributed by atoms with E-state index < -0.39 is 0 Å². The quantitative estimate of drug-likeness (QED) is 0.776. The molecule has 1 N–H and O–H groups in total. The van der Waals surface area contributed by atoms with Gasteiger partial charge in [0.15, 0.2) is 0 Å². The molecule has 1 amide bonds. The minimum atomic E-state index is -0.00163. The van der Waals surface area contributed by atoms with Gasteiger partial charge < -0.3 is 9.73 Å². The summed E-state index contributed by atoms with van der Waals surface area (Å²) in [6, 6.07) is 15.1. The van der Waals surface area contributed by atoms with Crippen LogP contribution in [-0.2, 0) is 4.79 Å². The zero-order valence-electron chi connectivity index (χ0n) is 12.6. The molecule has 2 atom stereocenters. The van der Waals surface area contributed by atoms with Gasteiger partial charge in [0.05, 0.1) is 0 Å². The van der Waals surface area contributed by atoms with Crippen LogP contribution >= 0.6 is 11.6 Å². The second-order valence-electron chi connectivity index (χ2n) is 5.81.